The Labute approximate surface area is 116 Å². The number of hydrogen-bond donors (Lipinski definition) is 1. The van der Waals surface area contributed by atoms with Gasteiger partial charge in [0.2, 0.25) is 6.10 Å². The van der Waals surface area contributed by atoms with Crippen LogP contribution in [0.4, 0.5) is 13.2 Å². The zero-order valence-electron chi connectivity index (χ0n) is 9.26. The number of hydrogen-bond acceptors (Lipinski definition) is 2. The molecule has 1 N–H and O–H groups in total. The predicted molar refractivity (Wildman–Crippen MR) is 66.7 cm³/mol. The molecule has 2 nitrogen and oxygen atoms in total. The van der Waals surface area contributed by atoms with Crippen molar-refractivity contribution in [2.45, 2.75) is 12.3 Å². The van der Waals surface area contributed by atoms with Gasteiger partial charge < -0.3 is 9.84 Å². The molecule has 1 aromatic carbocycles. The topological polar surface area (TPSA) is 29.5 Å². The molecule has 0 amide bonds. The smallest absolute Gasteiger partial charge is 0.429 e. The molecule has 1 aliphatic heterocycles. The van der Waals surface area contributed by atoms with E-state index in [1.54, 1.807) is 0 Å². The van der Waals surface area contributed by atoms with E-state index in [9.17, 15) is 18.3 Å². The number of aliphatic hydroxyl groups is 1. The maximum absolute atomic E-state index is 12.9. The van der Waals surface area contributed by atoms with Gasteiger partial charge in [0.25, 0.3) is 0 Å². The van der Waals surface area contributed by atoms with E-state index in [0.717, 1.165) is 6.08 Å². The Bertz CT molecular complexity index is 579. The lowest BCUT2D eigenvalue weighted by Crippen LogP contribution is -2.38. The van der Waals surface area contributed by atoms with Gasteiger partial charge in [0, 0.05) is 16.2 Å². The lowest BCUT2D eigenvalue weighted by Gasteiger charge is -2.29. The average Bonchev–Trinajstić information content (AvgIpc) is 2.25. The first kappa shape index (κ1) is 14.1. The van der Waals surface area contributed by atoms with E-state index in [4.69, 9.17) is 27.9 Å². The van der Waals surface area contributed by atoms with Crippen molar-refractivity contribution < 1.29 is 23.0 Å². The fourth-order valence-corrected chi connectivity index (χ4v) is 2.27. The average molecular weight is 311 g/mol. The van der Waals surface area contributed by atoms with Gasteiger partial charge in [-0.15, -0.1) is 0 Å². The number of aliphatic hydroxyl groups excluding tert-OH is 1. The SMILES string of the molecule is C=C(O)C1=Cc2cc(Cl)cc(Cl)c2O[C@@H]1C(F)(F)F. The summed E-state index contributed by atoms with van der Waals surface area (Å²) in [5.41, 5.74) is -0.221. The molecule has 0 saturated carbocycles. The number of ether oxygens (including phenoxy) is 1. The number of alkyl halides is 3. The van der Waals surface area contributed by atoms with Crippen LogP contribution >= 0.6 is 23.2 Å². The number of benzene rings is 1. The van der Waals surface area contributed by atoms with Crippen molar-refractivity contribution in [3.63, 3.8) is 0 Å². The molecule has 1 aromatic rings. The molecular formula is C12H7Cl2F3O2. The van der Waals surface area contributed by atoms with Crippen LogP contribution in [0.2, 0.25) is 10.0 Å². The third-order valence-electron chi connectivity index (χ3n) is 2.50. The van der Waals surface area contributed by atoms with Crippen LogP contribution in [0.15, 0.2) is 30.0 Å². The molecule has 1 atom stereocenters. The van der Waals surface area contributed by atoms with E-state index in [1.165, 1.54) is 12.1 Å². The summed E-state index contributed by atoms with van der Waals surface area (Å²) >= 11 is 11.6. The van der Waals surface area contributed by atoms with Crippen LogP contribution in [0.3, 0.4) is 0 Å². The molecule has 2 rings (SSSR count). The van der Waals surface area contributed by atoms with Crippen molar-refractivity contribution in [2.24, 2.45) is 0 Å². The van der Waals surface area contributed by atoms with Crippen LogP contribution in [0.5, 0.6) is 5.75 Å². The summed E-state index contributed by atoms with van der Waals surface area (Å²) in [5.74, 6) is -0.845. The second kappa shape index (κ2) is 4.65. The van der Waals surface area contributed by atoms with Crippen molar-refractivity contribution in [3.05, 3.63) is 45.7 Å². The van der Waals surface area contributed by atoms with E-state index in [2.05, 4.69) is 6.58 Å². The van der Waals surface area contributed by atoms with Crippen molar-refractivity contribution in [1.29, 1.82) is 0 Å². The first-order valence-electron chi connectivity index (χ1n) is 5.02. The maximum Gasteiger partial charge on any atom is 0.429 e. The van der Waals surface area contributed by atoms with E-state index in [1.807, 2.05) is 0 Å². The third kappa shape index (κ3) is 2.67. The standard InChI is InChI=1S/C12H7Cl2F3O2/c1-5(18)8-3-6-2-7(13)4-9(14)10(6)19-11(8)12(15,16)17/h2-4,11,18H,1H2/t11-/m0/s1. The fraction of sp³-hybridized carbons (Fsp3) is 0.167. The van der Waals surface area contributed by atoms with Crippen LogP contribution in [0, 0.1) is 0 Å². The lowest BCUT2D eigenvalue weighted by molar-refractivity contribution is -0.183. The molecule has 19 heavy (non-hydrogen) atoms. The second-order valence-electron chi connectivity index (χ2n) is 3.89. The van der Waals surface area contributed by atoms with Gasteiger partial charge in [-0.1, -0.05) is 29.8 Å². The molecule has 0 fully saturated rings. The molecule has 7 heteroatoms. The summed E-state index contributed by atoms with van der Waals surface area (Å²) < 4.78 is 43.5. The highest BCUT2D eigenvalue weighted by Crippen LogP contribution is 2.43. The highest BCUT2D eigenvalue weighted by Gasteiger charge is 2.47. The van der Waals surface area contributed by atoms with E-state index in [-0.39, 0.29) is 21.4 Å². The number of rotatable bonds is 1. The minimum absolute atomic E-state index is 0.0318. The minimum atomic E-state index is -4.70. The Balaban J connectivity index is 2.61. The van der Waals surface area contributed by atoms with Crippen molar-refractivity contribution in [1.82, 2.24) is 0 Å². The van der Waals surface area contributed by atoms with Crippen LogP contribution in [-0.2, 0) is 0 Å². The van der Waals surface area contributed by atoms with Gasteiger partial charge >= 0.3 is 6.18 Å². The summed E-state index contributed by atoms with van der Waals surface area (Å²) in [6.07, 6.45) is -5.90. The highest BCUT2D eigenvalue weighted by atomic mass is 35.5. The van der Waals surface area contributed by atoms with E-state index in [0.29, 0.717) is 0 Å². The molecule has 0 aromatic heterocycles. The quantitative estimate of drug-likeness (QED) is 0.757. The predicted octanol–water partition coefficient (Wildman–Crippen LogP) is 4.77. The Morgan fingerprint density at radius 2 is 1.95 bits per heavy atom. The molecule has 0 saturated heterocycles. The monoisotopic (exact) mass is 310 g/mol. The van der Waals surface area contributed by atoms with Crippen LogP contribution < -0.4 is 4.74 Å². The minimum Gasteiger partial charge on any atom is -0.508 e. The molecule has 0 unspecified atom stereocenters. The van der Waals surface area contributed by atoms with Gasteiger partial charge in [-0.25, -0.2) is 0 Å². The fourth-order valence-electron chi connectivity index (χ4n) is 1.71. The third-order valence-corrected chi connectivity index (χ3v) is 3.00. The van der Waals surface area contributed by atoms with Crippen LogP contribution in [-0.4, -0.2) is 17.4 Å². The molecule has 1 aliphatic rings. The van der Waals surface area contributed by atoms with Gasteiger partial charge in [0.1, 0.15) is 11.5 Å². The molecule has 0 radical (unpaired) electrons. The molecule has 102 valence electrons. The molecule has 0 bridgehead atoms. The Morgan fingerprint density at radius 3 is 2.47 bits per heavy atom. The Morgan fingerprint density at radius 1 is 1.32 bits per heavy atom. The molecule has 0 spiro atoms. The zero-order valence-corrected chi connectivity index (χ0v) is 10.8. The Kier molecular flexibility index (Phi) is 3.45. The van der Waals surface area contributed by atoms with Gasteiger partial charge in [-0.3, -0.25) is 0 Å². The van der Waals surface area contributed by atoms with Crippen LogP contribution in [0.25, 0.3) is 6.08 Å². The van der Waals surface area contributed by atoms with Crippen molar-refractivity contribution >= 4 is 29.3 Å². The summed E-state index contributed by atoms with van der Waals surface area (Å²) in [6, 6.07) is 2.67. The summed E-state index contributed by atoms with van der Waals surface area (Å²) in [7, 11) is 0. The molecule has 1 heterocycles. The number of fused-ring (bicyclic) bond motifs is 1. The van der Waals surface area contributed by atoms with Gasteiger partial charge in [-0.2, -0.15) is 13.2 Å². The van der Waals surface area contributed by atoms with Crippen LogP contribution in [0.1, 0.15) is 5.56 Å². The van der Waals surface area contributed by atoms with E-state index >= 15 is 0 Å². The molecular weight excluding hydrogens is 304 g/mol. The van der Waals surface area contributed by atoms with Crippen molar-refractivity contribution in [3.8, 4) is 5.75 Å². The van der Waals surface area contributed by atoms with E-state index < -0.39 is 23.6 Å². The molecule has 0 aliphatic carbocycles. The zero-order chi connectivity index (χ0) is 14.4. The summed E-state index contributed by atoms with van der Waals surface area (Å²) in [4.78, 5) is 0. The lowest BCUT2D eigenvalue weighted by atomic mass is 10.00. The van der Waals surface area contributed by atoms with Gasteiger partial charge in [-0.05, 0) is 18.2 Å². The maximum atomic E-state index is 12.9. The highest BCUT2D eigenvalue weighted by molar-refractivity contribution is 6.36. The second-order valence-corrected chi connectivity index (χ2v) is 4.74. The summed E-state index contributed by atoms with van der Waals surface area (Å²) in [6.45, 7) is 3.10. The first-order chi connectivity index (χ1) is 8.70. The largest absolute Gasteiger partial charge is 0.508 e. The summed E-state index contributed by atoms with van der Waals surface area (Å²) in [5, 5.41) is 9.48. The Hall–Kier alpha value is -1.33. The van der Waals surface area contributed by atoms with Gasteiger partial charge in [0.05, 0.1) is 5.02 Å². The van der Waals surface area contributed by atoms with Crippen molar-refractivity contribution in [2.75, 3.05) is 0 Å². The number of halogens is 5. The normalized spacial score (nSPS) is 18.4. The first-order valence-corrected chi connectivity index (χ1v) is 5.78. The van der Waals surface area contributed by atoms with Gasteiger partial charge in [0.15, 0.2) is 0 Å².